The molecule has 0 spiro atoms. The van der Waals surface area contributed by atoms with Gasteiger partial charge in [0.25, 0.3) is 0 Å². The maximum Gasteiger partial charge on any atom is 0.357 e. The van der Waals surface area contributed by atoms with Crippen LogP contribution in [-0.4, -0.2) is 56.3 Å². The van der Waals surface area contributed by atoms with Crippen LogP contribution in [0.1, 0.15) is 28.4 Å². The predicted octanol–water partition coefficient (Wildman–Crippen LogP) is 1.25. The summed E-state index contributed by atoms with van der Waals surface area (Å²) in [5.41, 5.74) is -0.566. The van der Waals surface area contributed by atoms with Crippen LogP contribution < -0.4 is 0 Å². The number of aromatic carboxylic acids is 1. The zero-order chi connectivity index (χ0) is 18.7. The van der Waals surface area contributed by atoms with Crippen LogP contribution in [0.25, 0.3) is 0 Å². The molecule has 1 aromatic carbocycles. The molecular formula is C18H20N2O6. The molecule has 1 fully saturated rings. The number of carbonyl (C=O) groups is 2. The van der Waals surface area contributed by atoms with E-state index in [0.717, 1.165) is 11.8 Å². The molecule has 138 valence electrons. The molecule has 0 bridgehead atoms. The number of likely N-dealkylation sites (tertiary alicyclic amines) is 1. The Hall–Kier alpha value is -2.71. The first-order chi connectivity index (χ1) is 12.4. The van der Waals surface area contributed by atoms with Crippen LogP contribution in [0.5, 0.6) is 0 Å². The lowest BCUT2D eigenvalue weighted by atomic mass is 9.71. The van der Waals surface area contributed by atoms with Gasteiger partial charge in [0.05, 0.1) is 12.6 Å². The van der Waals surface area contributed by atoms with Gasteiger partial charge in [0.15, 0.2) is 5.69 Å². The highest BCUT2D eigenvalue weighted by atomic mass is 16.4. The second-order valence-electron chi connectivity index (χ2n) is 6.56. The standard InChI is InChI=1S/C18H20N2O6/c21-14-9-20(10-15-19-13(11-26-15)16(22)23)7-6-18(14,17(24)25)8-12-4-2-1-3-5-12/h1-5,11,14,21H,6-10H2,(H,22,23)(H,24,25)/t14-,18+/m0/s1. The summed E-state index contributed by atoms with van der Waals surface area (Å²) in [5, 5.41) is 29.3. The highest BCUT2D eigenvalue weighted by Gasteiger charge is 2.48. The number of rotatable bonds is 6. The number of carboxylic acids is 2. The molecule has 0 radical (unpaired) electrons. The van der Waals surface area contributed by atoms with Gasteiger partial charge in [-0.25, -0.2) is 9.78 Å². The topological polar surface area (TPSA) is 124 Å². The second-order valence-corrected chi connectivity index (χ2v) is 6.56. The van der Waals surface area contributed by atoms with Crippen LogP contribution in [0, 0.1) is 5.41 Å². The number of carboxylic acid groups (broad SMARTS) is 2. The van der Waals surface area contributed by atoms with Crippen LogP contribution in [0.2, 0.25) is 0 Å². The Morgan fingerprint density at radius 2 is 2.00 bits per heavy atom. The summed E-state index contributed by atoms with van der Waals surface area (Å²) in [6.45, 7) is 0.788. The fourth-order valence-electron chi connectivity index (χ4n) is 3.34. The van der Waals surface area contributed by atoms with Crippen molar-refractivity contribution in [2.45, 2.75) is 25.5 Å². The monoisotopic (exact) mass is 360 g/mol. The SMILES string of the molecule is O=C(O)c1coc(CN2CC[C@](Cc3ccccc3)(C(=O)O)[C@@H](O)C2)n1. The molecule has 2 heterocycles. The van der Waals surface area contributed by atoms with Crippen molar-refractivity contribution >= 4 is 11.9 Å². The summed E-state index contributed by atoms with van der Waals surface area (Å²) in [5.74, 6) is -1.97. The van der Waals surface area contributed by atoms with E-state index in [4.69, 9.17) is 9.52 Å². The van der Waals surface area contributed by atoms with E-state index in [1.807, 2.05) is 35.2 Å². The zero-order valence-corrected chi connectivity index (χ0v) is 14.0. The Morgan fingerprint density at radius 3 is 2.58 bits per heavy atom. The van der Waals surface area contributed by atoms with Gasteiger partial charge in [-0.2, -0.15) is 0 Å². The van der Waals surface area contributed by atoms with Gasteiger partial charge in [-0.1, -0.05) is 30.3 Å². The molecule has 0 aliphatic carbocycles. The van der Waals surface area contributed by atoms with Crippen LogP contribution >= 0.6 is 0 Å². The Morgan fingerprint density at radius 1 is 1.27 bits per heavy atom. The number of aromatic nitrogens is 1. The Kier molecular flexibility index (Phi) is 5.06. The van der Waals surface area contributed by atoms with Crippen LogP contribution in [0.3, 0.4) is 0 Å². The van der Waals surface area contributed by atoms with Crippen LogP contribution in [0.4, 0.5) is 0 Å². The quantitative estimate of drug-likeness (QED) is 0.703. The molecule has 26 heavy (non-hydrogen) atoms. The first-order valence-electron chi connectivity index (χ1n) is 8.26. The minimum absolute atomic E-state index is 0.143. The summed E-state index contributed by atoms with van der Waals surface area (Å²) in [6.07, 6.45) is 0.517. The fourth-order valence-corrected chi connectivity index (χ4v) is 3.34. The molecule has 0 amide bonds. The molecule has 3 rings (SSSR count). The lowest BCUT2D eigenvalue weighted by molar-refractivity contribution is -0.163. The molecule has 0 unspecified atom stereocenters. The molecule has 1 aliphatic rings. The number of benzene rings is 1. The number of β-amino-alcohol motifs (C(OH)–C–C–N with tert-alkyl or cyclic N) is 1. The largest absolute Gasteiger partial charge is 0.481 e. The van der Waals surface area contributed by atoms with E-state index >= 15 is 0 Å². The van der Waals surface area contributed by atoms with E-state index in [-0.39, 0.29) is 37.5 Å². The Labute approximate surface area is 149 Å². The number of aliphatic hydroxyl groups excluding tert-OH is 1. The average Bonchev–Trinajstić information content (AvgIpc) is 3.07. The van der Waals surface area contributed by atoms with Crippen molar-refractivity contribution in [1.82, 2.24) is 9.88 Å². The van der Waals surface area contributed by atoms with Crippen molar-refractivity contribution in [3.8, 4) is 0 Å². The van der Waals surface area contributed by atoms with Gasteiger partial charge in [0.1, 0.15) is 11.7 Å². The second kappa shape index (κ2) is 7.27. The zero-order valence-electron chi connectivity index (χ0n) is 14.0. The van der Waals surface area contributed by atoms with Gasteiger partial charge in [-0.05, 0) is 24.9 Å². The molecule has 8 heteroatoms. The number of hydrogen-bond donors (Lipinski definition) is 3. The molecular weight excluding hydrogens is 340 g/mol. The minimum atomic E-state index is -1.25. The molecule has 2 aromatic rings. The van der Waals surface area contributed by atoms with Crippen molar-refractivity contribution < 1.29 is 29.3 Å². The fraction of sp³-hybridized carbons (Fsp3) is 0.389. The van der Waals surface area contributed by atoms with Crippen molar-refractivity contribution in [2.24, 2.45) is 5.41 Å². The number of aliphatic carboxylic acids is 1. The van der Waals surface area contributed by atoms with Gasteiger partial charge < -0.3 is 19.7 Å². The Balaban J connectivity index is 1.70. The summed E-state index contributed by atoms with van der Waals surface area (Å²) < 4.78 is 5.13. The highest BCUT2D eigenvalue weighted by Crippen LogP contribution is 2.36. The van der Waals surface area contributed by atoms with Crippen molar-refractivity contribution in [3.63, 3.8) is 0 Å². The van der Waals surface area contributed by atoms with E-state index < -0.39 is 23.5 Å². The van der Waals surface area contributed by atoms with Crippen LogP contribution in [-0.2, 0) is 17.8 Å². The van der Waals surface area contributed by atoms with Crippen molar-refractivity contribution in [2.75, 3.05) is 13.1 Å². The van der Waals surface area contributed by atoms with Crippen molar-refractivity contribution in [3.05, 3.63) is 53.7 Å². The van der Waals surface area contributed by atoms with E-state index in [0.29, 0.717) is 6.54 Å². The van der Waals surface area contributed by atoms with Gasteiger partial charge in [-0.15, -0.1) is 0 Å². The number of nitrogens with zero attached hydrogens (tertiary/aromatic N) is 2. The lowest BCUT2D eigenvalue weighted by Gasteiger charge is -2.42. The predicted molar refractivity (Wildman–Crippen MR) is 89.6 cm³/mol. The third kappa shape index (κ3) is 3.61. The lowest BCUT2D eigenvalue weighted by Crippen LogP contribution is -2.55. The number of aliphatic hydroxyl groups is 1. The summed E-state index contributed by atoms with van der Waals surface area (Å²) in [7, 11) is 0. The molecule has 8 nitrogen and oxygen atoms in total. The first-order valence-corrected chi connectivity index (χ1v) is 8.26. The van der Waals surface area contributed by atoms with E-state index in [9.17, 15) is 19.8 Å². The molecule has 1 aliphatic heterocycles. The molecule has 2 atom stereocenters. The minimum Gasteiger partial charge on any atom is -0.481 e. The number of piperidine rings is 1. The molecule has 0 saturated carbocycles. The third-order valence-electron chi connectivity index (χ3n) is 4.86. The highest BCUT2D eigenvalue weighted by molar-refractivity contribution is 5.84. The molecule has 1 saturated heterocycles. The number of oxazole rings is 1. The average molecular weight is 360 g/mol. The van der Waals surface area contributed by atoms with Gasteiger partial charge in [0, 0.05) is 6.54 Å². The summed E-state index contributed by atoms with van der Waals surface area (Å²) in [4.78, 5) is 28.5. The van der Waals surface area contributed by atoms with E-state index in [1.165, 1.54) is 0 Å². The van der Waals surface area contributed by atoms with Gasteiger partial charge in [0.2, 0.25) is 5.89 Å². The summed E-state index contributed by atoms with van der Waals surface area (Å²) in [6, 6.07) is 9.25. The van der Waals surface area contributed by atoms with E-state index in [2.05, 4.69) is 4.98 Å². The van der Waals surface area contributed by atoms with Gasteiger partial charge in [-0.3, -0.25) is 9.69 Å². The normalized spacial score (nSPS) is 23.7. The number of hydrogen-bond acceptors (Lipinski definition) is 6. The molecule has 1 aromatic heterocycles. The first kappa shape index (κ1) is 18.1. The van der Waals surface area contributed by atoms with E-state index in [1.54, 1.807) is 0 Å². The van der Waals surface area contributed by atoms with Crippen LogP contribution in [0.15, 0.2) is 41.0 Å². The Bertz CT molecular complexity index is 790. The maximum absolute atomic E-state index is 12.0. The van der Waals surface area contributed by atoms with Gasteiger partial charge >= 0.3 is 11.9 Å². The summed E-state index contributed by atoms with van der Waals surface area (Å²) >= 11 is 0. The smallest absolute Gasteiger partial charge is 0.357 e. The maximum atomic E-state index is 12.0. The third-order valence-corrected chi connectivity index (χ3v) is 4.86. The van der Waals surface area contributed by atoms with Crippen molar-refractivity contribution in [1.29, 1.82) is 0 Å². The molecule has 3 N–H and O–H groups in total.